The molecular formula is C14H25N3O9. The lowest BCUT2D eigenvalue weighted by molar-refractivity contribution is -0.293. The number of amidine groups is 1. The number of nitrogens with zero attached hydrogens (tertiary/aromatic N) is 1. The van der Waals surface area contributed by atoms with Gasteiger partial charge in [-0.25, -0.2) is 4.79 Å². The number of ether oxygens (including phenoxy) is 2. The van der Waals surface area contributed by atoms with E-state index in [1.54, 1.807) is 6.92 Å². The van der Waals surface area contributed by atoms with Gasteiger partial charge in [-0.1, -0.05) is 0 Å². The number of carbonyl (C=O) groups is 1. The monoisotopic (exact) mass is 379 g/mol. The highest BCUT2D eigenvalue weighted by Crippen LogP contribution is 2.29. The Balaban J connectivity index is 2.07. The van der Waals surface area contributed by atoms with Crippen molar-refractivity contribution in [2.45, 2.75) is 74.4 Å². The van der Waals surface area contributed by atoms with E-state index in [4.69, 9.17) is 26.0 Å². The number of nitrogens with two attached hydrogens (primary N) is 2. The van der Waals surface area contributed by atoms with E-state index in [1.807, 2.05) is 0 Å². The molecule has 26 heavy (non-hydrogen) atoms. The number of rotatable bonds is 3. The summed E-state index contributed by atoms with van der Waals surface area (Å²) in [5.41, 5.74) is 11.2. The van der Waals surface area contributed by atoms with E-state index < -0.39 is 72.9 Å². The molecule has 10 N–H and O–H groups in total. The average molecular weight is 379 g/mol. The lowest BCUT2D eigenvalue weighted by atomic mass is 9.84. The summed E-state index contributed by atoms with van der Waals surface area (Å²) >= 11 is 0. The van der Waals surface area contributed by atoms with Gasteiger partial charge in [0.1, 0.15) is 36.6 Å². The largest absolute Gasteiger partial charge is 0.475 e. The van der Waals surface area contributed by atoms with Crippen LogP contribution in [0.3, 0.4) is 0 Å². The van der Waals surface area contributed by atoms with Gasteiger partial charge in [-0.2, -0.15) is 0 Å². The number of carboxylic acid groups (broad SMARTS) is 1. The maximum absolute atomic E-state index is 10.8. The molecule has 1 aliphatic carbocycles. The van der Waals surface area contributed by atoms with Gasteiger partial charge in [-0.05, 0) is 13.3 Å². The summed E-state index contributed by atoms with van der Waals surface area (Å²) in [6.07, 6.45) is -11.7. The first-order valence-corrected chi connectivity index (χ1v) is 8.08. The normalized spacial score (nSPS) is 47.6. The molecule has 0 aromatic carbocycles. The second kappa shape index (κ2) is 8.10. The topological polar surface area (TPSA) is 221 Å². The third-order valence-electron chi connectivity index (χ3n) is 4.64. The molecule has 12 heteroatoms. The fraction of sp³-hybridized carbons (Fsp3) is 0.857. The predicted octanol–water partition coefficient (Wildman–Crippen LogP) is -4.54. The van der Waals surface area contributed by atoms with Crippen molar-refractivity contribution in [1.82, 2.24) is 0 Å². The molecule has 12 nitrogen and oxygen atoms in total. The molecule has 10 atom stereocenters. The first kappa shape index (κ1) is 20.9. The number of hydrogen-bond donors (Lipinski definition) is 8. The minimum absolute atomic E-state index is 0.145. The summed E-state index contributed by atoms with van der Waals surface area (Å²) in [6.45, 7) is 1.59. The zero-order valence-corrected chi connectivity index (χ0v) is 14.0. The second-order valence-electron chi connectivity index (χ2n) is 6.55. The molecule has 1 saturated heterocycles. The number of carboxylic acids is 1. The Bertz CT molecular complexity index is 532. The van der Waals surface area contributed by atoms with Crippen LogP contribution in [0, 0.1) is 0 Å². The van der Waals surface area contributed by atoms with E-state index in [1.165, 1.54) is 0 Å². The van der Waals surface area contributed by atoms with Gasteiger partial charge in [-0.3, -0.25) is 4.99 Å². The molecule has 0 spiro atoms. The quantitative estimate of drug-likeness (QED) is 0.172. The zero-order chi connectivity index (χ0) is 19.8. The van der Waals surface area contributed by atoms with Crippen LogP contribution in [-0.4, -0.2) is 104 Å². The maximum Gasteiger partial charge on any atom is 0.370 e. The lowest BCUT2D eigenvalue weighted by Crippen LogP contribution is -2.66. The van der Waals surface area contributed by atoms with Crippen molar-refractivity contribution in [2.75, 3.05) is 0 Å². The Morgan fingerprint density at radius 2 is 1.58 bits per heavy atom. The maximum atomic E-state index is 10.8. The van der Waals surface area contributed by atoms with E-state index in [-0.39, 0.29) is 6.42 Å². The molecule has 2 unspecified atom stereocenters. The molecule has 0 radical (unpaired) electrons. The van der Waals surface area contributed by atoms with Crippen LogP contribution in [0.4, 0.5) is 0 Å². The van der Waals surface area contributed by atoms with Crippen molar-refractivity contribution in [3.05, 3.63) is 0 Å². The summed E-state index contributed by atoms with van der Waals surface area (Å²) in [4.78, 5) is 14.6. The predicted molar refractivity (Wildman–Crippen MR) is 84.9 cm³/mol. The Morgan fingerprint density at radius 3 is 2.08 bits per heavy atom. The Hall–Kier alpha value is -1.38. The summed E-state index contributed by atoms with van der Waals surface area (Å²) in [6, 6.07) is -1.46. The van der Waals surface area contributed by atoms with Crippen molar-refractivity contribution in [3.8, 4) is 0 Å². The molecule has 1 heterocycles. The molecule has 0 bridgehead atoms. The molecule has 2 fully saturated rings. The van der Waals surface area contributed by atoms with E-state index in [0.717, 1.165) is 0 Å². The summed E-state index contributed by atoms with van der Waals surface area (Å²) in [5.74, 6) is -1.96. The summed E-state index contributed by atoms with van der Waals surface area (Å²) < 4.78 is 11.0. The van der Waals surface area contributed by atoms with Crippen molar-refractivity contribution in [1.29, 1.82) is 0 Å². The van der Waals surface area contributed by atoms with Crippen LogP contribution in [0.25, 0.3) is 0 Å². The van der Waals surface area contributed by atoms with Crippen molar-refractivity contribution in [2.24, 2.45) is 16.5 Å². The van der Waals surface area contributed by atoms with Gasteiger partial charge in [0.25, 0.3) is 0 Å². The van der Waals surface area contributed by atoms with E-state index in [0.29, 0.717) is 0 Å². The van der Waals surface area contributed by atoms with Gasteiger partial charge < -0.3 is 51.6 Å². The van der Waals surface area contributed by atoms with Gasteiger partial charge in [0, 0.05) is 0 Å². The molecular weight excluding hydrogens is 354 g/mol. The van der Waals surface area contributed by atoms with Gasteiger partial charge in [0.2, 0.25) is 5.84 Å². The van der Waals surface area contributed by atoms with Crippen LogP contribution in [-0.2, 0) is 14.3 Å². The van der Waals surface area contributed by atoms with E-state index in [2.05, 4.69) is 4.99 Å². The lowest BCUT2D eigenvalue weighted by Gasteiger charge is -2.45. The molecule has 0 aromatic heterocycles. The van der Waals surface area contributed by atoms with Crippen LogP contribution in [0.15, 0.2) is 4.99 Å². The summed E-state index contributed by atoms with van der Waals surface area (Å²) in [7, 11) is 0. The smallest absolute Gasteiger partial charge is 0.370 e. The zero-order valence-electron chi connectivity index (χ0n) is 14.0. The Labute approximate surface area is 148 Å². The van der Waals surface area contributed by atoms with Gasteiger partial charge in [0.05, 0.1) is 18.2 Å². The van der Waals surface area contributed by atoms with Crippen LogP contribution in [0.1, 0.15) is 13.3 Å². The average Bonchev–Trinajstić information content (AvgIpc) is 2.58. The summed E-state index contributed by atoms with van der Waals surface area (Å²) in [5, 5.41) is 57.8. The molecule has 2 aliphatic rings. The minimum atomic E-state index is -1.74. The highest BCUT2D eigenvalue weighted by molar-refractivity contribution is 6.33. The standard InChI is InChI=1S/C14H25N3O9/c1-3-5(17-12(16)13(23)24)2-4(15)14(25-3)26-11-9(21)7(19)6(18)8(20)10(11)22/h3-11,14,18-22H,2,15H2,1H3,(H2,16,17)(H,23,24)/t3-,4+,5-,6?,7-,8+,9+,10+,11?,14+/m0/s1. The molecule has 0 amide bonds. The van der Waals surface area contributed by atoms with Crippen LogP contribution >= 0.6 is 0 Å². The van der Waals surface area contributed by atoms with E-state index in [9.17, 15) is 30.3 Å². The van der Waals surface area contributed by atoms with E-state index >= 15 is 0 Å². The molecule has 150 valence electrons. The third kappa shape index (κ3) is 4.13. The van der Waals surface area contributed by atoms with Gasteiger partial charge in [0.15, 0.2) is 6.29 Å². The van der Waals surface area contributed by atoms with Gasteiger partial charge >= 0.3 is 5.97 Å². The fourth-order valence-electron chi connectivity index (χ4n) is 3.02. The Kier molecular flexibility index (Phi) is 6.52. The van der Waals surface area contributed by atoms with Gasteiger partial charge in [-0.15, -0.1) is 0 Å². The third-order valence-corrected chi connectivity index (χ3v) is 4.64. The number of aliphatic hydroxyl groups is 5. The fourth-order valence-corrected chi connectivity index (χ4v) is 3.02. The number of aliphatic hydroxyl groups excluding tert-OH is 5. The van der Waals surface area contributed by atoms with Crippen molar-refractivity contribution >= 4 is 11.8 Å². The molecule has 0 aromatic rings. The second-order valence-corrected chi connectivity index (χ2v) is 6.55. The number of aliphatic imine (C=N–C) groups is 1. The first-order valence-electron chi connectivity index (χ1n) is 8.08. The first-order chi connectivity index (χ1) is 12.0. The van der Waals surface area contributed by atoms with Crippen LogP contribution < -0.4 is 11.5 Å². The molecule has 1 saturated carbocycles. The minimum Gasteiger partial charge on any atom is -0.475 e. The highest BCUT2D eigenvalue weighted by Gasteiger charge is 2.50. The number of hydrogen-bond acceptors (Lipinski definition) is 10. The van der Waals surface area contributed by atoms with Crippen molar-refractivity contribution in [3.63, 3.8) is 0 Å². The Morgan fingerprint density at radius 1 is 1.08 bits per heavy atom. The molecule has 2 rings (SSSR count). The molecule has 1 aliphatic heterocycles. The SMILES string of the molecule is C[C@@H]1O[C@H](OC2[C@H](O)[C@H](O)C(O)[C@H](O)[C@H]2O)[C@H](N)C[C@@H]1N=C(N)C(=O)O. The highest BCUT2D eigenvalue weighted by atomic mass is 16.7. The van der Waals surface area contributed by atoms with Crippen LogP contribution in [0.5, 0.6) is 0 Å². The van der Waals surface area contributed by atoms with Crippen molar-refractivity contribution < 1.29 is 44.9 Å². The number of aliphatic carboxylic acids is 1. The van der Waals surface area contributed by atoms with Crippen LogP contribution in [0.2, 0.25) is 0 Å².